The molecule has 1 aliphatic rings. The number of amides is 1. The van der Waals surface area contributed by atoms with E-state index < -0.39 is 11.9 Å². The third kappa shape index (κ3) is 2.28. The number of carbonyl (C=O) groups is 1. The van der Waals surface area contributed by atoms with Crippen molar-refractivity contribution in [3.05, 3.63) is 63.9 Å². The van der Waals surface area contributed by atoms with Crippen LogP contribution in [-0.2, 0) is 11.2 Å². The highest BCUT2D eigenvalue weighted by Gasteiger charge is 2.21. The number of aliphatic hydroxyl groups excluding tert-OH is 1. The average molecular weight is 292 g/mol. The number of carbonyl (C=O) groups excluding carboxylic acids is 1. The molecule has 2 aromatic carbocycles. The highest BCUT2D eigenvalue weighted by atomic mass is 35.5. The van der Waals surface area contributed by atoms with Crippen molar-refractivity contribution in [1.82, 2.24) is 0 Å². The summed E-state index contributed by atoms with van der Waals surface area (Å²) in [6, 6.07) is 9.25. The maximum atomic E-state index is 13.8. The molecule has 1 amide bonds. The number of hydrogen-bond donors (Lipinski definition) is 2. The fourth-order valence-corrected chi connectivity index (χ4v) is 2.48. The second-order valence-electron chi connectivity index (χ2n) is 4.71. The Morgan fingerprint density at radius 3 is 2.80 bits per heavy atom. The zero-order chi connectivity index (χ0) is 14.3. The maximum absolute atomic E-state index is 13.8. The molecule has 2 N–H and O–H groups in total. The van der Waals surface area contributed by atoms with Gasteiger partial charge >= 0.3 is 0 Å². The van der Waals surface area contributed by atoms with E-state index >= 15 is 0 Å². The molecule has 1 unspecified atom stereocenters. The van der Waals surface area contributed by atoms with E-state index in [0.29, 0.717) is 5.56 Å². The predicted octanol–water partition coefficient (Wildman–Crippen LogP) is 3.06. The van der Waals surface area contributed by atoms with Crippen molar-refractivity contribution in [2.75, 3.05) is 5.32 Å². The summed E-state index contributed by atoms with van der Waals surface area (Å²) < 4.78 is 13.8. The van der Waals surface area contributed by atoms with Gasteiger partial charge in [-0.15, -0.1) is 0 Å². The van der Waals surface area contributed by atoms with Crippen molar-refractivity contribution in [3.8, 4) is 0 Å². The lowest BCUT2D eigenvalue weighted by molar-refractivity contribution is -0.115. The molecule has 0 spiro atoms. The van der Waals surface area contributed by atoms with E-state index in [1.54, 1.807) is 18.2 Å². The second-order valence-corrected chi connectivity index (χ2v) is 5.15. The summed E-state index contributed by atoms with van der Waals surface area (Å²) in [6.07, 6.45) is -0.813. The molecule has 20 heavy (non-hydrogen) atoms. The zero-order valence-electron chi connectivity index (χ0n) is 10.4. The molecular formula is C15H11ClFNO2. The number of nitrogens with one attached hydrogen (secondary N) is 1. The summed E-state index contributed by atoms with van der Waals surface area (Å²) in [5.74, 6) is -0.635. The Kier molecular flexibility index (Phi) is 3.20. The molecule has 0 saturated carbocycles. The molecule has 0 radical (unpaired) electrons. The first-order valence-electron chi connectivity index (χ1n) is 6.10. The summed E-state index contributed by atoms with van der Waals surface area (Å²) in [4.78, 5) is 11.3. The van der Waals surface area contributed by atoms with Crippen LogP contribution in [0.4, 0.5) is 10.1 Å². The van der Waals surface area contributed by atoms with Crippen LogP contribution in [0.3, 0.4) is 0 Å². The lowest BCUT2D eigenvalue weighted by Crippen LogP contribution is -2.03. The van der Waals surface area contributed by atoms with Gasteiger partial charge < -0.3 is 10.4 Å². The van der Waals surface area contributed by atoms with Gasteiger partial charge in [0.05, 0.1) is 6.42 Å². The Bertz CT molecular complexity index is 702. The number of hydrogen-bond acceptors (Lipinski definition) is 2. The standard InChI is InChI=1S/C15H11ClFNO2/c16-10-2-3-11(12(17)7-10)15(20)8-1-4-13-9(5-8)6-14(19)18-13/h1-5,7,15,20H,6H2,(H,18,19). The van der Waals surface area contributed by atoms with Crippen LogP contribution in [-0.4, -0.2) is 11.0 Å². The molecule has 1 atom stereocenters. The number of aliphatic hydroxyl groups is 1. The highest BCUT2D eigenvalue weighted by molar-refractivity contribution is 6.30. The maximum Gasteiger partial charge on any atom is 0.228 e. The Morgan fingerprint density at radius 1 is 1.25 bits per heavy atom. The van der Waals surface area contributed by atoms with Gasteiger partial charge in [-0.3, -0.25) is 4.79 Å². The molecule has 0 aromatic heterocycles. The molecule has 2 aromatic rings. The van der Waals surface area contributed by atoms with Crippen LogP contribution in [0.1, 0.15) is 22.8 Å². The molecule has 3 rings (SSSR count). The van der Waals surface area contributed by atoms with E-state index in [0.717, 1.165) is 11.3 Å². The Hall–Kier alpha value is -1.91. The molecule has 0 saturated heterocycles. The largest absolute Gasteiger partial charge is 0.384 e. The molecule has 5 heteroatoms. The van der Waals surface area contributed by atoms with Gasteiger partial charge in [-0.1, -0.05) is 29.8 Å². The molecule has 0 bridgehead atoms. The minimum Gasteiger partial charge on any atom is -0.384 e. The first kappa shape index (κ1) is 13.1. The Morgan fingerprint density at radius 2 is 2.05 bits per heavy atom. The highest BCUT2D eigenvalue weighted by Crippen LogP contribution is 2.30. The van der Waals surface area contributed by atoms with Crippen LogP contribution in [0.25, 0.3) is 0 Å². The van der Waals surface area contributed by atoms with Gasteiger partial charge in [-0.25, -0.2) is 4.39 Å². The van der Waals surface area contributed by atoms with E-state index in [1.807, 2.05) is 0 Å². The number of rotatable bonds is 2. The third-order valence-corrected chi connectivity index (χ3v) is 3.56. The van der Waals surface area contributed by atoms with Crippen LogP contribution >= 0.6 is 11.6 Å². The van der Waals surface area contributed by atoms with E-state index in [4.69, 9.17) is 11.6 Å². The summed E-state index contributed by atoms with van der Waals surface area (Å²) in [5.41, 5.74) is 2.25. The number of anilines is 1. The molecular weight excluding hydrogens is 281 g/mol. The van der Waals surface area contributed by atoms with Gasteiger partial charge in [0.15, 0.2) is 0 Å². The van der Waals surface area contributed by atoms with Crippen molar-refractivity contribution in [2.24, 2.45) is 0 Å². The van der Waals surface area contributed by atoms with Crippen LogP contribution in [0.2, 0.25) is 5.02 Å². The smallest absolute Gasteiger partial charge is 0.228 e. The van der Waals surface area contributed by atoms with Crippen molar-refractivity contribution in [2.45, 2.75) is 12.5 Å². The predicted molar refractivity (Wildman–Crippen MR) is 74.2 cm³/mol. The normalized spacial score (nSPS) is 14.8. The molecule has 0 aliphatic carbocycles. The fourth-order valence-electron chi connectivity index (χ4n) is 2.32. The SMILES string of the molecule is O=C1Cc2cc(C(O)c3ccc(Cl)cc3F)ccc2N1. The third-order valence-electron chi connectivity index (χ3n) is 3.33. The molecule has 102 valence electrons. The van der Waals surface area contributed by atoms with Crippen LogP contribution in [0, 0.1) is 5.82 Å². The summed E-state index contributed by atoms with van der Waals surface area (Å²) in [6.45, 7) is 0. The van der Waals surface area contributed by atoms with Gasteiger partial charge in [-0.05, 0) is 29.3 Å². The van der Waals surface area contributed by atoms with E-state index in [2.05, 4.69) is 5.32 Å². The van der Waals surface area contributed by atoms with Gasteiger partial charge in [0.25, 0.3) is 0 Å². The first-order valence-corrected chi connectivity index (χ1v) is 6.48. The van der Waals surface area contributed by atoms with Crippen LogP contribution in [0.15, 0.2) is 36.4 Å². The topological polar surface area (TPSA) is 49.3 Å². The summed E-state index contributed by atoms with van der Waals surface area (Å²) in [5, 5.41) is 13.3. The molecule has 1 heterocycles. The minimum absolute atomic E-state index is 0.0793. The lowest BCUT2D eigenvalue weighted by Gasteiger charge is -2.13. The van der Waals surface area contributed by atoms with E-state index in [1.165, 1.54) is 18.2 Å². The molecule has 1 aliphatic heterocycles. The second kappa shape index (κ2) is 4.89. The Labute approximate surface area is 120 Å². The molecule has 0 fully saturated rings. The van der Waals surface area contributed by atoms with Gasteiger partial charge in [0.2, 0.25) is 5.91 Å². The van der Waals surface area contributed by atoms with Gasteiger partial charge in [0, 0.05) is 16.3 Å². The van der Waals surface area contributed by atoms with E-state index in [-0.39, 0.29) is 22.9 Å². The van der Waals surface area contributed by atoms with Crippen molar-refractivity contribution >= 4 is 23.2 Å². The first-order chi connectivity index (χ1) is 9.54. The Balaban J connectivity index is 1.97. The van der Waals surface area contributed by atoms with Crippen LogP contribution in [0.5, 0.6) is 0 Å². The van der Waals surface area contributed by atoms with Crippen molar-refractivity contribution in [3.63, 3.8) is 0 Å². The minimum atomic E-state index is -1.09. The number of benzene rings is 2. The average Bonchev–Trinajstić information content (AvgIpc) is 2.77. The monoisotopic (exact) mass is 291 g/mol. The molecule has 3 nitrogen and oxygen atoms in total. The van der Waals surface area contributed by atoms with Gasteiger partial charge in [0.1, 0.15) is 11.9 Å². The van der Waals surface area contributed by atoms with E-state index in [9.17, 15) is 14.3 Å². The fraction of sp³-hybridized carbons (Fsp3) is 0.133. The summed E-state index contributed by atoms with van der Waals surface area (Å²) >= 11 is 5.69. The lowest BCUT2D eigenvalue weighted by atomic mass is 9.98. The number of fused-ring (bicyclic) bond motifs is 1. The summed E-state index contributed by atoms with van der Waals surface area (Å²) in [7, 11) is 0. The quantitative estimate of drug-likeness (QED) is 0.893. The van der Waals surface area contributed by atoms with Gasteiger partial charge in [-0.2, -0.15) is 0 Å². The van der Waals surface area contributed by atoms with Crippen LogP contribution < -0.4 is 5.32 Å². The van der Waals surface area contributed by atoms with Crippen molar-refractivity contribution in [1.29, 1.82) is 0 Å². The van der Waals surface area contributed by atoms with Crippen molar-refractivity contribution < 1.29 is 14.3 Å². The number of halogens is 2. The zero-order valence-corrected chi connectivity index (χ0v) is 11.1.